The van der Waals surface area contributed by atoms with Crippen LogP contribution in [0.1, 0.15) is 0 Å². The van der Waals surface area contributed by atoms with Crippen LogP contribution in [-0.2, 0) is 7.05 Å². The minimum atomic E-state index is 0.657. The van der Waals surface area contributed by atoms with E-state index in [1.54, 1.807) is 29.5 Å². The maximum Gasteiger partial charge on any atom is 0.159 e. The van der Waals surface area contributed by atoms with Gasteiger partial charge in [0.1, 0.15) is 16.9 Å². The fourth-order valence-electron chi connectivity index (χ4n) is 3.55. The highest BCUT2D eigenvalue weighted by atomic mass is 15.2. The SMILES string of the molecule is Cn1cc(-c2cc3c(-c4nc5c(-c6ccccn6)nccc5[nH]4)n[nH]c3cn2)cn1. The van der Waals surface area contributed by atoms with Gasteiger partial charge < -0.3 is 4.98 Å². The molecule has 0 fully saturated rings. The van der Waals surface area contributed by atoms with Crippen molar-refractivity contribution in [1.29, 1.82) is 0 Å². The van der Waals surface area contributed by atoms with Gasteiger partial charge in [-0.1, -0.05) is 6.07 Å². The first-order valence-corrected chi connectivity index (χ1v) is 9.36. The van der Waals surface area contributed by atoms with E-state index in [1.807, 2.05) is 43.6 Å². The highest BCUT2D eigenvalue weighted by Crippen LogP contribution is 2.30. The Morgan fingerprint density at radius 2 is 1.87 bits per heavy atom. The molecule has 0 unspecified atom stereocenters. The van der Waals surface area contributed by atoms with Crippen molar-refractivity contribution in [3.8, 4) is 34.2 Å². The predicted molar refractivity (Wildman–Crippen MR) is 112 cm³/mol. The summed E-state index contributed by atoms with van der Waals surface area (Å²) in [5.74, 6) is 0.657. The van der Waals surface area contributed by atoms with Crippen LogP contribution in [0.4, 0.5) is 0 Å². The van der Waals surface area contributed by atoms with Crippen molar-refractivity contribution in [2.24, 2.45) is 7.05 Å². The number of H-pyrrole nitrogens is 2. The molecule has 0 saturated carbocycles. The van der Waals surface area contributed by atoms with E-state index in [0.717, 1.165) is 50.3 Å². The lowest BCUT2D eigenvalue weighted by atomic mass is 10.1. The van der Waals surface area contributed by atoms with Gasteiger partial charge in [-0.05, 0) is 24.3 Å². The first kappa shape index (κ1) is 16.5. The summed E-state index contributed by atoms with van der Waals surface area (Å²) in [6, 6.07) is 9.63. The molecule has 0 aromatic carbocycles. The third-order valence-corrected chi connectivity index (χ3v) is 4.98. The summed E-state index contributed by atoms with van der Waals surface area (Å²) >= 11 is 0. The molecular weight excluding hydrogens is 378 g/mol. The molecule has 0 bridgehead atoms. The van der Waals surface area contributed by atoms with Gasteiger partial charge in [-0.2, -0.15) is 10.2 Å². The molecule has 30 heavy (non-hydrogen) atoms. The topological polar surface area (TPSA) is 114 Å². The van der Waals surface area contributed by atoms with Crippen LogP contribution >= 0.6 is 0 Å². The zero-order valence-corrected chi connectivity index (χ0v) is 15.9. The fourth-order valence-corrected chi connectivity index (χ4v) is 3.55. The molecule has 2 N–H and O–H groups in total. The lowest BCUT2D eigenvalue weighted by Crippen LogP contribution is -1.88. The molecule has 0 aliphatic carbocycles. The number of nitrogens with one attached hydrogen (secondary N) is 2. The summed E-state index contributed by atoms with van der Waals surface area (Å²) in [5.41, 5.74) is 6.45. The standard InChI is InChI=1S/C21H15N9/c1-30-11-12(9-25-30)16-8-13-17(10-24-16)28-29-18(13)21-26-15-5-7-23-19(20(15)27-21)14-4-2-3-6-22-14/h2-11H,1H3,(H,26,27)(H,28,29). The number of imidazole rings is 1. The summed E-state index contributed by atoms with van der Waals surface area (Å²) < 4.78 is 1.75. The molecule has 6 rings (SSSR count). The molecule has 0 amide bonds. The van der Waals surface area contributed by atoms with E-state index < -0.39 is 0 Å². The number of aromatic amines is 2. The van der Waals surface area contributed by atoms with Crippen LogP contribution < -0.4 is 0 Å². The van der Waals surface area contributed by atoms with Gasteiger partial charge in [0.15, 0.2) is 5.82 Å². The Bertz CT molecular complexity index is 1510. The van der Waals surface area contributed by atoms with Crippen LogP contribution in [0.5, 0.6) is 0 Å². The summed E-state index contributed by atoms with van der Waals surface area (Å²) in [4.78, 5) is 21.6. The molecule has 0 radical (unpaired) electrons. The highest BCUT2D eigenvalue weighted by Gasteiger charge is 2.17. The van der Waals surface area contributed by atoms with Gasteiger partial charge in [-0.15, -0.1) is 0 Å². The minimum absolute atomic E-state index is 0.657. The lowest BCUT2D eigenvalue weighted by molar-refractivity contribution is 0.768. The van der Waals surface area contributed by atoms with Crippen molar-refractivity contribution in [2.75, 3.05) is 0 Å². The Hall–Kier alpha value is -4.40. The van der Waals surface area contributed by atoms with Gasteiger partial charge in [-0.25, -0.2) is 4.98 Å². The maximum atomic E-state index is 4.81. The molecule has 0 saturated heterocycles. The molecule has 6 aromatic heterocycles. The van der Waals surface area contributed by atoms with Crippen LogP contribution in [0.3, 0.4) is 0 Å². The van der Waals surface area contributed by atoms with Crippen LogP contribution in [0, 0.1) is 0 Å². The van der Waals surface area contributed by atoms with Gasteiger partial charge in [0.25, 0.3) is 0 Å². The zero-order chi connectivity index (χ0) is 20.1. The second-order valence-electron chi connectivity index (χ2n) is 6.95. The van der Waals surface area contributed by atoms with Gasteiger partial charge in [-0.3, -0.25) is 24.7 Å². The van der Waals surface area contributed by atoms with E-state index in [0.29, 0.717) is 5.82 Å². The van der Waals surface area contributed by atoms with Crippen molar-refractivity contribution in [3.63, 3.8) is 0 Å². The molecule has 0 atom stereocenters. The number of pyridine rings is 3. The lowest BCUT2D eigenvalue weighted by Gasteiger charge is -1.99. The monoisotopic (exact) mass is 393 g/mol. The van der Waals surface area contributed by atoms with Gasteiger partial charge >= 0.3 is 0 Å². The molecule has 0 aliphatic rings. The third-order valence-electron chi connectivity index (χ3n) is 4.98. The Kier molecular flexibility index (Phi) is 3.48. The van der Waals surface area contributed by atoms with Gasteiger partial charge in [0, 0.05) is 36.6 Å². The van der Waals surface area contributed by atoms with E-state index in [1.165, 1.54) is 0 Å². The molecule has 6 heterocycles. The fraction of sp³-hybridized carbons (Fsp3) is 0.0476. The van der Waals surface area contributed by atoms with Crippen LogP contribution in [0.25, 0.3) is 56.1 Å². The zero-order valence-electron chi connectivity index (χ0n) is 15.9. The van der Waals surface area contributed by atoms with Crippen molar-refractivity contribution in [3.05, 3.63) is 61.3 Å². The number of aryl methyl sites for hydroxylation is 1. The van der Waals surface area contributed by atoms with E-state index >= 15 is 0 Å². The average molecular weight is 393 g/mol. The van der Waals surface area contributed by atoms with Crippen LogP contribution in [-0.4, -0.2) is 44.9 Å². The Labute approximate surface area is 169 Å². The van der Waals surface area contributed by atoms with E-state index in [4.69, 9.17) is 4.98 Å². The van der Waals surface area contributed by atoms with Crippen molar-refractivity contribution in [2.45, 2.75) is 0 Å². The Morgan fingerprint density at radius 1 is 0.900 bits per heavy atom. The second kappa shape index (κ2) is 6.31. The second-order valence-corrected chi connectivity index (χ2v) is 6.95. The minimum Gasteiger partial charge on any atom is -0.336 e. The molecule has 0 aliphatic heterocycles. The molecule has 144 valence electrons. The van der Waals surface area contributed by atoms with Crippen molar-refractivity contribution >= 4 is 21.9 Å². The van der Waals surface area contributed by atoms with Crippen molar-refractivity contribution < 1.29 is 0 Å². The Morgan fingerprint density at radius 3 is 2.70 bits per heavy atom. The van der Waals surface area contributed by atoms with Crippen LogP contribution in [0.2, 0.25) is 0 Å². The predicted octanol–water partition coefficient (Wildman–Crippen LogP) is 3.36. The number of aromatic nitrogens is 9. The van der Waals surface area contributed by atoms with Crippen molar-refractivity contribution in [1.82, 2.24) is 44.9 Å². The molecular formula is C21H15N9. The van der Waals surface area contributed by atoms with Crippen LogP contribution in [0.15, 0.2) is 61.3 Å². The van der Waals surface area contributed by atoms with Gasteiger partial charge in [0.2, 0.25) is 0 Å². The quantitative estimate of drug-likeness (QED) is 0.477. The molecule has 9 nitrogen and oxygen atoms in total. The number of nitrogens with zero attached hydrogens (tertiary/aromatic N) is 7. The van der Waals surface area contributed by atoms with E-state index in [-0.39, 0.29) is 0 Å². The number of rotatable bonds is 3. The molecule has 6 aromatic rings. The first-order valence-electron chi connectivity index (χ1n) is 9.36. The number of hydrogen-bond acceptors (Lipinski definition) is 6. The van der Waals surface area contributed by atoms with Gasteiger partial charge in [0.05, 0.1) is 34.8 Å². The largest absolute Gasteiger partial charge is 0.336 e. The third kappa shape index (κ3) is 2.56. The summed E-state index contributed by atoms with van der Waals surface area (Å²) in [6.07, 6.45) is 9.00. The normalized spacial score (nSPS) is 11.5. The number of hydrogen-bond donors (Lipinski definition) is 2. The summed E-state index contributed by atoms with van der Waals surface area (Å²) in [6.45, 7) is 0. The smallest absolute Gasteiger partial charge is 0.159 e. The summed E-state index contributed by atoms with van der Waals surface area (Å²) in [7, 11) is 1.88. The Balaban J connectivity index is 1.52. The number of fused-ring (bicyclic) bond motifs is 2. The first-order chi connectivity index (χ1) is 14.8. The van der Waals surface area contributed by atoms with E-state index in [9.17, 15) is 0 Å². The molecule has 0 spiro atoms. The maximum absolute atomic E-state index is 4.81. The molecule has 9 heteroatoms. The average Bonchev–Trinajstić information content (AvgIpc) is 3.50. The highest BCUT2D eigenvalue weighted by molar-refractivity contribution is 5.96. The summed E-state index contributed by atoms with van der Waals surface area (Å²) in [5, 5.41) is 12.7. The van der Waals surface area contributed by atoms with E-state index in [2.05, 4.69) is 35.2 Å².